The Hall–Kier alpha value is -0.580. The van der Waals surface area contributed by atoms with Crippen molar-refractivity contribution in [3.05, 3.63) is 27.7 Å². The van der Waals surface area contributed by atoms with Gasteiger partial charge in [-0.1, -0.05) is 15.9 Å². The molecule has 0 saturated heterocycles. The number of nitrogens with two attached hydrogens (primary N) is 1. The number of ether oxygens (including phenoxy) is 1. The van der Waals surface area contributed by atoms with Gasteiger partial charge in [0, 0.05) is 16.1 Å². The summed E-state index contributed by atoms with van der Waals surface area (Å²) < 4.78 is 6.74. The van der Waals surface area contributed by atoms with Crippen molar-refractivity contribution in [3.8, 4) is 5.75 Å². The third-order valence-corrected chi connectivity index (χ3v) is 3.52. The van der Waals surface area contributed by atoms with Gasteiger partial charge in [-0.25, -0.2) is 0 Å². The van der Waals surface area contributed by atoms with Crippen LogP contribution in [0.4, 0.5) is 0 Å². The summed E-state index contributed by atoms with van der Waals surface area (Å²) in [6, 6.07) is 3.66. The molecule has 1 heterocycles. The number of rotatable bonds is 2. The van der Waals surface area contributed by atoms with Crippen molar-refractivity contribution in [2.75, 3.05) is 6.61 Å². The Labute approximate surface area is 110 Å². The molecule has 2 atom stereocenters. The molecule has 4 heteroatoms. The predicted molar refractivity (Wildman–Crippen MR) is 71.2 cm³/mol. The molecule has 3 N–H and O–H groups in total. The molecule has 0 fully saturated rings. The van der Waals surface area contributed by atoms with E-state index < -0.39 is 6.10 Å². The first-order valence-electron chi connectivity index (χ1n) is 5.98. The molecule has 2 rings (SSSR count). The maximum Gasteiger partial charge on any atom is 0.128 e. The second-order valence-corrected chi connectivity index (χ2v) is 5.51. The highest BCUT2D eigenvalue weighted by atomic mass is 79.9. The highest BCUT2D eigenvalue weighted by molar-refractivity contribution is 9.10. The van der Waals surface area contributed by atoms with E-state index in [2.05, 4.69) is 22.0 Å². The number of fused-ring (bicyclic) bond motifs is 1. The van der Waals surface area contributed by atoms with E-state index in [-0.39, 0.29) is 6.04 Å². The summed E-state index contributed by atoms with van der Waals surface area (Å²) in [6.45, 7) is 2.52. The molecule has 1 aromatic rings. The summed E-state index contributed by atoms with van der Waals surface area (Å²) in [6.07, 6.45) is 2.49. The topological polar surface area (TPSA) is 55.5 Å². The van der Waals surface area contributed by atoms with Gasteiger partial charge < -0.3 is 15.6 Å². The zero-order valence-electron chi connectivity index (χ0n) is 9.95. The molecule has 0 radical (unpaired) electrons. The number of aryl methyl sites for hydroxylation is 1. The third kappa shape index (κ3) is 2.81. The van der Waals surface area contributed by atoms with Crippen LogP contribution in [0.25, 0.3) is 0 Å². The fourth-order valence-electron chi connectivity index (χ4n) is 2.13. The number of benzene rings is 1. The molecule has 0 aromatic heterocycles. The van der Waals surface area contributed by atoms with Crippen molar-refractivity contribution < 1.29 is 9.84 Å². The second kappa shape index (κ2) is 5.38. The highest BCUT2D eigenvalue weighted by Crippen LogP contribution is 2.36. The number of aliphatic hydroxyl groups excluding tert-OH is 1. The summed E-state index contributed by atoms with van der Waals surface area (Å²) >= 11 is 3.48. The molecule has 1 aromatic carbocycles. The molecule has 17 heavy (non-hydrogen) atoms. The Bertz CT molecular complexity index is 407. The zero-order valence-corrected chi connectivity index (χ0v) is 11.5. The maximum absolute atomic E-state index is 10.1. The van der Waals surface area contributed by atoms with Crippen molar-refractivity contribution in [1.82, 2.24) is 0 Å². The van der Waals surface area contributed by atoms with E-state index >= 15 is 0 Å². The lowest BCUT2D eigenvalue weighted by Crippen LogP contribution is -2.25. The van der Waals surface area contributed by atoms with Crippen molar-refractivity contribution in [3.63, 3.8) is 0 Å². The molecule has 0 amide bonds. The summed E-state index contributed by atoms with van der Waals surface area (Å²) in [4.78, 5) is 0. The Balaban J connectivity index is 2.46. The molecule has 1 aliphatic rings. The second-order valence-electron chi connectivity index (χ2n) is 4.59. The number of hydrogen-bond acceptors (Lipinski definition) is 3. The van der Waals surface area contributed by atoms with Gasteiger partial charge in [0.2, 0.25) is 0 Å². The lowest BCUT2D eigenvalue weighted by atomic mass is 9.98. The zero-order chi connectivity index (χ0) is 12.4. The molecule has 0 saturated carbocycles. The van der Waals surface area contributed by atoms with Gasteiger partial charge in [0.25, 0.3) is 0 Å². The van der Waals surface area contributed by atoms with Crippen LogP contribution in [0.5, 0.6) is 5.75 Å². The van der Waals surface area contributed by atoms with Gasteiger partial charge in [-0.05, 0) is 43.9 Å². The summed E-state index contributed by atoms with van der Waals surface area (Å²) in [5, 5.41) is 10.1. The number of aliphatic hydroxyl groups is 1. The third-order valence-electron chi connectivity index (χ3n) is 3.06. The van der Waals surface area contributed by atoms with E-state index in [0.717, 1.165) is 40.6 Å². The fourth-order valence-corrected chi connectivity index (χ4v) is 2.65. The average molecular weight is 300 g/mol. The van der Waals surface area contributed by atoms with Crippen molar-refractivity contribution in [2.45, 2.75) is 38.3 Å². The first-order chi connectivity index (χ1) is 8.09. The van der Waals surface area contributed by atoms with Crippen LogP contribution in [0.2, 0.25) is 0 Å². The predicted octanol–water partition coefficient (Wildman–Crippen LogP) is 2.54. The first kappa shape index (κ1) is 12.9. The molecule has 0 aliphatic carbocycles. The van der Waals surface area contributed by atoms with Crippen LogP contribution in [0.1, 0.15) is 37.0 Å². The van der Waals surface area contributed by atoms with Gasteiger partial charge in [-0.2, -0.15) is 0 Å². The molecule has 3 nitrogen and oxygen atoms in total. The average Bonchev–Trinajstić information content (AvgIpc) is 2.51. The van der Waals surface area contributed by atoms with E-state index in [1.54, 1.807) is 6.92 Å². The van der Waals surface area contributed by atoms with Crippen LogP contribution >= 0.6 is 15.9 Å². The lowest BCUT2D eigenvalue weighted by molar-refractivity contribution is 0.148. The Morgan fingerprint density at radius 3 is 2.88 bits per heavy atom. The maximum atomic E-state index is 10.1. The highest BCUT2D eigenvalue weighted by Gasteiger charge is 2.22. The van der Waals surface area contributed by atoms with Crippen LogP contribution in [0, 0.1) is 0 Å². The number of hydrogen-bond donors (Lipinski definition) is 2. The van der Waals surface area contributed by atoms with Crippen LogP contribution < -0.4 is 10.5 Å². The molecule has 94 valence electrons. The Morgan fingerprint density at radius 2 is 2.18 bits per heavy atom. The van der Waals surface area contributed by atoms with E-state index in [1.807, 2.05) is 6.07 Å². The van der Waals surface area contributed by atoms with Crippen molar-refractivity contribution in [2.24, 2.45) is 5.73 Å². The molecular weight excluding hydrogens is 282 g/mol. The molecule has 0 spiro atoms. The molecule has 2 unspecified atom stereocenters. The minimum Gasteiger partial charge on any atom is -0.493 e. The minimum absolute atomic E-state index is 0.305. The monoisotopic (exact) mass is 299 g/mol. The van der Waals surface area contributed by atoms with E-state index in [9.17, 15) is 5.11 Å². The van der Waals surface area contributed by atoms with Gasteiger partial charge in [0.05, 0.1) is 12.7 Å². The summed E-state index contributed by atoms with van der Waals surface area (Å²) in [5.74, 6) is 0.829. The van der Waals surface area contributed by atoms with Gasteiger partial charge in [-0.3, -0.25) is 0 Å². The quantitative estimate of drug-likeness (QED) is 0.882. The van der Waals surface area contributed by atoms with Crippen molar-refractivity contribution >= 4 is 15.9 Å². The lowest BCUT2D eigenvalue weighted by Gasteiger charge is -2.20. The van der Waals surface area contributed by atoms with Crippen LogP contribution in [-0.2, 0) is 6.42 Å². The van der Waals surface area contributed by atoms with Gasteiger partial charge in [-0.15, -0.1) is 0 Å². The van der Waals surface area contributed by atoms with Crippen LogP contribution in [-0.4, -0.2) is 17.8 Å². The smallest absolute Gasteiger partial charge is 0.128 e. The first-order valence-corrected chi connectivity index (χ1v) is 6.77. The summed E-state index contributed by atoms with van der Waals surface area (Å²) in [7, 11) is 0. The summed E-state index contributed by atoms with van der Waals surface area (Å²) in [5.41, 5.74) is 7.73. The van der Waals surface area contributed by atoms with Gasteiger partial charge in [0.1, 0.15) is 5.75 Å². The van der Waals surface area contributed by atoms with Crippen LogP contribution in [0.3, 0.4) is 0 Å². The SMILES string of the molecule is CC(N)C(O)c1cc(Br)cc2c1OCCCC2. The molecule has 1 aliphatic heterocycles. The van der Waals surface area contributed by atoms with Crippen molar-refractivity contribution in [1.29, 1.82) is 0 Å². The normalized spacial score (nSPS) is 18.8. The van der Waals surface area contributed by atoms with E-state index in [4.69, 9.17) is 10.5 Å². The number of halogens is 1. The van der Waals surface area contributed by atoms with E-state index in [1.165, 1.54) is 0 Å². The Morgan fingerprint density at radius 1 is 1.41 bits per heavy atom. The molecular formula is C13H18BrNO2. The minimum atomic E-state index is -0.681. The van der Waals surface area contributed by atoms with E-state index in [0.29, 0.717) is 6.61 Å². The van der Waals surface area contributed by atoms with Gasteiger partial charge >= 0.3 is 0 Å². The van der Waals surface area contributed by atoms with Gasteiger partial charge in [0.15, 0.2) is 0 Å². The Kier molecular flexibility index (Phi) is 4.07. The molecule has 0 bridgehead atoms. The standard InChI is InChI=1S/C13H18BrNO2/c1-8(15)12(16)11-7-10(14)6-9-4-2-3-5-17-13(9)11/h6-8,12,16H,2-5,15H2,1H3. The van der Waals surface area contributed by atoms with Crippen LogP contribution in [0.15, 0.2) is 16.6 Å². The largest absolute Gasteiger partial charge is 0.493 e. The fraction of sp³-hybridized carbons (Fsp3) is 0.538.